The van der Waals surface area contributed by atoms with E-state index in [1.165, 1.54) is 6.92 Å². The summed E-state index contributed by atoms with van der Waals surface area (Å²) in [5.74, 6) is -0.411. The molecule has 2 rings (SSSR count). The number of hydroxylamine groups is 1. The minimum atomic E-state index is -1.47. The Balaban J connectivity index is 1.52. The normalized spacial score (nSPS) is 26.7. The summed E-state index contributed by atoms with van der Waals surface area (Å²) in [6.07, 6.45) is -2.49. The summed E-state index contributed by atoms with van der Waals surface area (Å²) in [4.78, 5) is 28.7. The van der Waals surface area contributed by atoms with Crippen LogP contribution < -0.4 is 10.8 Å². The molecule has 5 atom stereocenters. The third-order valence-corrected chi connectivity index (χ3v) is 4.71. The Hall–Kier alpha value is -2.04. The average Bonchev–Trinajstić information content (AvgIpc) is 2.71. The van der Waals surface area contributed by atoms with Crippen LogP contribution in [0.25, 0.3) is 0 Å². The fraction of sp³-hybridized carbons (Fsp3) is 0.600. The van der Waals surface area contributed by atoms with Crippen LogP contribution in [0.5, 0.6) is 0 Å². The largest absolute Gasteiger partial charge is 0.388 e. The molecule has 9 heteroatoms. The Labute approximate surface area is 170 Å². The number of para-hydroxylation sites is 1. The molecule has 0 radical (unpaired) electrons. The Bertz CT molecular complexity index is 643. The molecule has 0 bridgehead atoms. The predicted octanol–water partition coefficient (Wildman–Crippen LogP) is 0.841. The molecule has 0 aliphatic carbocycles. The highest BCUT2D eigenvalue weighted by molar-refractivity contribution is 5.90. The maximum Gasteiger partial charge on any atom is 0.243 e. The minimum absolute atomic E-state index is 0.0325. The van der Waals surface area contributed by atoms with Gasteiger partial charge in [0.1, 0.15) is 18.3 Å². The summed E-state index contributed by atoms with van der Waals surface area (Å²) >= 11 is 0. The summed E-state index contributed by atoms with van der Waals surface area (Å²) in [7, 11) is 0. The number of ether oxygens (including phenoxy) is 1. The molecule has 2 amide bonds. The van der Waals surface area contributed by atoms with Crippen LogP contribution >= 0.6 is 0 Å². The van der Waals surface area contributed by atoms with E-state index in [4.69, 9.17) is 9.57 Å². The van der Waals surface area contributed by atoms with Crippen molar-refractivity contribution in [3.8, 4) is 0 Å². The molecule has 1 aliphatic rings. The van der Waals surface area contributed by atoms with Crippen molar-refractivity contribution in [3.05, 3.63) is 30.3 Å². The number of amides is 2. The number of hydrogen-bond acceptors (Lipinski definition) is 7. The Morgan fingerprint density at radius 2 is 1.55 bits per heavy atom. The lowest BCUT2D eigenvalue weighted by Gasteiger charge is -2.38. The zero-order chi connectivity index (χ0) is 21.2. The van der Waals surface area contributed by atoms with Gasteiger partial charge >= 0.3 is 0 Å². The first kappa shape index (κ1) is 23.2. The number of carbonyl (C=O) groups excluding carboxylic acids is 2. The van der Waals surface area contributed by atoms with Crippen molar-refractivity contribution >= 4 is 17.5 Å². The zero-order valence-corrected chi connectivity index (χ0v) is 16.5. The molecule has 1 aliphatic heterocycles. The fourth-order valence-corrected chi connectivity index (χ4v) is 2.96. The lowest BCUT2D eigenvalue weighted by Crippen LogP contribution is -2.58. The smallest absolute Gasteiger partial charge is 0.243 e. The molecule has 29 heavy (non-hydrogen) atoms. The molecule has 1 saturated heterocycles. The van der Waals surface area contributed by atoms with Crippen LogP contribution in [-0.2, 0) is 19.2 Å². The quantitative estimate of drug-likeness (QED) is 0.285. The highest BCUT2D eigenvalue weighted by Crippen LogP contribution is 2.21. The van der Waals surface area contributed by atoms with Gasteiger partial charge in [-0.3, -0.25) is 9.59 Å². The van der Waals surface area contributed by atoms with Crippen LogP contribution in [-0.4, -0.2) is 57.8 Å². The molecular weight excluding hydrogens is 380 g/mol. The molecule has 162 valence electrons. The van der Waals surface area contributed by atoms with Gasteiger partial charge in [0.25, 0.3) is 0 Å². The van der Waals surface area contributed by atoms with E-state index in [1.807, 2.05) is 30.3 Å². The molecule has 1 fully saturated rings. The molecule has 0 unspecified atom stereocenters. The number of aliphatic hydroxyl groups excluding tert-OH is 3. The van der Waals surface area contributed by atoms with Crippen molar-refractivity contribution in [2.75, 3.05) is 5.32 Å². The molecule has 1 aromatic rings. The van der Waals surface area contributed by atoms with Crippen molar-refractivity contribution in [2.24, 2.45) is 0 Å². The first-order valence-corrected chi connectivity index (χ1v) is 9.87. The lowest BCUT2D eigenvalue weighted by atomic mass is 10.0. The van der Waals surface area contributed by atoms with E-state index in [2.05, 4.69) is 10.8 Å². The predicted molar refractivity (Wildman–Crippen MR) is 104 cm³/mol. The van der Waals surface area contributed by atoms with Crippen molar-refractivity contribution in [3.63, 3.8) is 0 Å². The van der Waals surface area contributed by atoms with Crippen molar-refractivity contribution < 1.29 is 34.5 Å². The van der Waals surface area contributed by atoms with E-state index in [1.54, 1.807) is 0 Å². The van der Waals surface area contributed by atoms with Gasteiger partial charge in [-0.1, -0.05) is 31.0 Å². The van der Waals surface area contributed by atoms with Crippen LogP contribution in [0.1, 0.15) is 45.4 Å². The van der Waals surface area contributed by atoms with E-state index >= 15 is 0 Å². The van der Waals surface area contributed by atoms with Crippen LogP contribution in [0.3, 0.4) is 0 Å². The van der Waals surface area contributed by atoms with Gasteiger partial charge in [0.15, 0.2) is 0 Å². The fourth-order valence-electron chi connectivity index (χ4n) is 2.96. The number of unbranched alkanes of at least 4 members (excludes halogenated alkanes) is 3. The average molecular weight is 410 g/mol. The monoisotopic (exact) mass is 410 g/mol. The van der Waals surface area contributed by atoms with E-state index in [0.29, 0.717) is 12.8 Å². The molecule has 1 heterocycles. The SMILES string of the molecule is C[C@@H]1O[C@@H](ONC(=O)CCCCCCC(=O)Nc2ccccc2)[C@@H](O)[C@H](O)[C@@H]1O. The van der Waals surface area contributed by atoms with Gasteiger partial charge < -0.3 is 25.4 Å². The van der Waals surface area contributed by atoms with Crippen molar-refractivity contribution in [1.29, 1.82) is 0 Å². The topological polar surface area (TPSA) is 137 Å². The zero-order valence-electron chi connectivity index (χ0n) is 16.5. The molecule has 5 N–H and O–H groups in total. The van der Waals surface area contributed by atoms with Gasteiger partial charge in [0.05, 0.1) is 6.10 Å². The first-order valence-electron chi connectivity index (χ1n) is 9.87. The summed E-state index contributed by atoms with van der Waals surface area (Å²) in [6, 6.07) is 9.27. The Kier molecular flexibility index (Phi) is 9.49. The maximum atomic E-state index is 11.8. The summed E-state index contributed by atoms with van der Waals surface area (Å²) < 4.78 is 5.22. The second-order valence-electron chi connectivity index (χ2n) is 7.15. The number of carbonyl (C=O) groups is 2. The number of benzene rings is 1. The molecular formula is C20H30N2O7. The van der Waals surface area contributed by atoms with E-state index in [-0.39, 0.29) is 18.2 Å². The Morgan fingerprint density at radius 1 is 0.931 bits per heavy atom. The third kappa shape index (κ3) is 7.71. The number of aliphatic hydroxyl groups is 3. The van der Waals surface area contributed by atoms with Gasteiger partial charge in [-0.05, 0) is 31.9 Å². The van der Waals surface area contributed by atoms with Crippen LogP contribution in [0.4, 0.5) is 5.69 Å². The number of anilines is 1. The van der Waals surface area contributed by atoms with Gasteiger partial charge in [0.2, 0.25) is 18.1 Å². The number of hydrogen-bond donors (Lipinski definition) is 5. The van der Waals surface area contributed by atoms with Crippen molar-refractivity contribution in [2.45, 2.75) is 76.2 Å². The van der Waals surface area contributed by atoms with E-state index in [9.17, 15) is 24.9 Å². The van der Waals surface area contributed by atoms with Gasteiger partial charge in [0, 0.05) is 18.5 Å². The summed E-state index contributed by atoms with van der Waals surface area (Å²) in [5, 5.41) is 31.9. The first-order chi connectivity index (χ1) is 13.9. The molecule has 9 nitrogen and oxygen atoms in total. The van der Waals surface area contributed by atoms with Crippen LogP contribution in [0, 0.1) is 0 Å². The molecule has 0 spiro atoms. The highest BCUT2D eigenvalue weighted by Gasteiger charge is 2.42. The number of nitrogens with one attached hydrogen (secondary N) is 2. The molecule has 0 aromatic heterocycles. The third-order valence-electron chi connectivity index (χ3n) is 4.71. The van der Waals surface area contributed by atoms with E-state index in [0.717, 1.165) is 24.9 Å². The highest BCUT2D eigenvalue weighted by atomic mass is 16.8. The number of rotatable bonds is 10. The second-order valence-corrected chi connectivity index (χ2v) is 7.15. The lowest BCUT2D eigenvalue weighted by molar-refractivity contribution is -0.306. The van der Waals surface area contributed by atoms with E-state index < -0.39 is 30.7 Å². The molecule has 1 aromatic carbocycles. The van der Waals surface area contributed by atoms with Crippen molar-refractivity contribution in [1.82, 2.24) is 5.48 Å². The minimum Gasteiger partial charge on any atom is -0.388 e. The van der Waals surface area contributed by atoms with Crippen LogP contribution in [0.15, 0.2) is 30.3 Å². The Morgan fingerprint density at radius 3 is 2.21 bits per heavy atom. The maximum absolute atomic E-state index is 11.8. The van der Waals surface area contributed by atoms with Crippen LogP contribution in [0.2, 0.25) is 0 Å². The van der Waals surface area contributed by atoms with Gasteiger partial charge in [-0.2, -0.15) is 0 Å². The van der Waals surface area contributed by atoms with Gasteiger partial charge in [-0.25, -0.2) is 10.3 Å². The summed E-state index contributed by atoms with van der Waals surface area (Å²) in [6.45, 7) is 1.53. The standard InChI is InChI=1S/C20H30N2O7/c1-13-17(25)18(26)19(27)20(28-13)29-22-16(24)12-8-3-2-7-11-15(23)21-14-9-5-4-6-10-14/h4-6,9-10,13,17-20,25-27H,2-3,7-8,11-12H2,1H3,(H,21,23)(H,22,24)/t13-,17+,18+,19-,20-/m0/s1. The summed E-state index contributed by atoms with van der Waals surface area (Å²) in [5.41, 5.74) is 2.97. The molecule has 0 saturated carbocycles. The second kappa shape index (κ2) is 11.8. The van der Waals surface area contributed by atoms with Gasteiger partial charge in [-0.15, -0.1) is 0 Å².